The Morgan fingerprint density at radius 1 is 1.15 bits per heavy atom. The molecule has 108 valence electrons. The summed E-state index contributed by atoms with van der Waals surface area (Å²) in [4.78, 5) is 34.9. The van der Waals surface area contributed by atoms with Crippen LogP contribution in [-0.2, 0) is 19.1 Å². The molecule has 0 spiro atoms. The summed E-state index contributed by atoms with van der Waals surface area (Å²) in [7, 11) is 1.11. The Bertz CT molecular complexity index is 505. The largest absolute Gasteiger partial charge is 0.508 e. The quantitative estimate of drug-likeness (QED) is 0.620. The van der Waals surface area contributed by atoms with E-state index in [2.05, 4.69) is 4.74 Å². The second-order valence-corrected chi connectivity index (χ2v) is 4.22. The van der Waals surface area contributed by atoms with Crippen LogP contribution in [0.2, 0.25) is 0 Å². The van der Waals surface area contributed by atoms with E-state index in [9.17, 15) is 14.4 Å². The van der Waals surface area contributed by atoms with Gasteiger partial charge in [-0.3, -0.25) is 14.4 Å². The molecule has 0 aromatic heterocycles. The number of carbonyl (C=O) groups is 3. The van der Waals surface area contributed by atoms with Gasteiger partial charge in [0.2, 0.25) is 0 Å². The number of hydrogen-bond acceptors (Lipinski definition) is 6. The first-order valence-electron chi connectivity index (χ1n) is 5.94. The van der Waals surface area contributed by atoms with E-state index in [1.54, 1.807) is 0 Å². The Labute approximate surface area is 116 Å². The molecule has 1 aromatic rings. The molecule has 0 bridgehead atoms. The number of ketones is 2. The molecular formula is C14H16O6. The lowest BCUT2D eigenvalue weighted by molar-refractivity contribution is -0.154. The van der Waals surface area contributed by atoms with E-state index in [0.717, 1.165) is 14.0 Å². The summed E-state index contributed by atoms with van der Waals surface area (Å²) in [5.74, 6) is -3.24. The van der Waals surface area contributed by atoms with Crippen molar-refractivity contribution in [1.82, 2.24) is 0 Å². The minimum atomic E-state index is -1.48. The van der Waals surface area contributed by atoms with E-state index in [0.29, 0.717) is 5.75 Å². The van der Waals surface area contributed by atoms with Crippen molar-refractivity contribution in [3.8, 4) is 11.5 Å². The zero-order valence-electron chi connectivity index (χ0n) is 11.5. The van der Waals surface area contributed by atoms with Gasteiger partial charge in [0.05, 0.1) is 7.11 Å². The summed E-state index contributed by atoms with van der Waals surface area (Å²) in [6.07, 6.45) is -0.993. The third-order valence-electron chi connectivity index (χ3n) is 2.68. The lowest BCUT2D eigenvalue weighted by atomic mass is 9.96. The summed E-state index contributed by atoms with van der Waals surface area (Å²) < 4.78 is 9.78. The Balaban J connectivity index is 2.81. The molecule has 0 saturated carbocycles. The summed E-state index contributed by atoms with van der Waals surface area (Å²) in [6, 6.07) is 5.74. The Morgan fingerprint density at radius 3 is 2.15 bits per heavy atom. The van der Waals surface area contributed by atoms with Gasteiger partial charge in [-0.15, -0.1) is 0 Å². The predicted octanol–water partition coefficient (Wildman–Crippen LogP) is 1.11. The van der Waals surface area contributed by atoms with Gasteiger partial charge in [0.1, 0.15) is 11.5 Å². The molecule has 1 aromatic carbocycles. The fourth-order valence-corrected chi connectivity index (χ4v) is 1.62. The van der Waals surface area contributed by atoms with Gasteiger partial charge in [0.15, 0.2) is 23.6 Å². The molecule has 0 aliphatic rings. The number of methoxy groups -OCH3 is 1. The first kappa shape index (κ1) is 15.7. The second kappa shape index (κ2) is 6.70. The maximum Gasteiger partial charge on any atom is 0.323 e. The highest BCUT2D eigenvalue weighted by Gasteiger charge is 2.36. The maximum absolute atomic E-state index is 12.1. The normalized spacial score (nSPS) is 13.2. The molecule has 6 heteroatoms. The van der Waals surface area contributed by atoms with Crippen molar-refractivity contribution in [1.29, 1.82) is 0 Å². The van der Waals surface area contributed by atoms with E-state index in [-0.39, 0.29) is 5.75 Å². The van der Waals surface area contributed by atoms with Crippen LogP contribution >= 0.6 is 0 Å². The third kappa shape index (κ3) is 3.81. The van der Waals surface area contributed by atoms with Crippen molar-refractivity contribution in [3.63, 3.8) is 0 Å². The highest BCUT2D eigenvalue weighted by Crippen LogP contribution is 2.18. The number of carbonyl (C=O) groups excluding carboxylic acids is 3. The predicted molar refractivity (Wildman–Crippen MR) is 69.4 cm³/mol. The number of aromatic hydroxyl groups is 1. The van der Waals surface area contributed by atoms with Crippen LogP contribution < -0.4 is 4.74 Å². The first-order valence-corrected chi connectivity index (χ1v) is 5.94. The number of Topliss-reactive ketones (excluding diaryl/α,β-unsaturated/α-hetero) is 2. The molecular weight excluding hydrogens is 264 g/mol. The van der Waals surface area contributed by atoms with E-state index < -0.39 is 29.6 Å². The van der Waals surface area contributed by atoms with Crippen LogP contribution in [0.25, 0.3) is 0 Å². The second-order valence-electron chi connectivity index (χ2n) is 4.22. The molecule has 0 aliphatic carbocycles. The van der Waals surface area contributed by atoms with Crippen molar-refractivity contribution >= 4 is 17.5 Å². The highest BCUT2D eigenvalue weighted by molar-refractivity contribution is 6.17. The standard InChI is InChI=1S/C14H16O6/c1-8(15)12(14(18)19-3)13(17)9(2)20-11-6-4-10(16)5-7-11/h4-7,9,12,16H,1-3H3. The zero-order valence-corrected chi connectivity index (χ0v) is 11.5. The molecule has 0 amide bonds. The van der Waals surface area contributed by atoms with E-state index in [4.69, 9.17) is 9.84 Å². The highest BCUT2D eigenvalue weighted by atomic mass is 16.5. The monoisotopic (exact) mass is 280 g/mol. The number of benzene rings is 1. The topological polar surface area (TPSA) is 89.9 Å². The molecule has 6 nitrogen and oxygen atoms in total. The van der Waals surface area contributed by atoms with Crippen LogP contribution in [0.1, 0.15) is 13.8 Å². The van der Waals surface area contributed by atoms with Crippen molar-refractivity contribution < 1.29 is 29.0 Å². The Morgan fingerprint density at radius 2 is 1.70 bits per heavy atom. The smallest absolute Gasteiger partial charge is 0.323 e. The van der Waals surface area contributed by atoms with Crippen molar-refractivity contribution in [2.75, 3.05) is 7.11 Å². The minimum absolute atomic E-state index is 0.0625. The van der Waals surface area contributed by atoms with E-state index in [1.807, 2.05) is 0 Å². The Hall–Kier alpha value is -2.37. The van der Waals surface area contributed by atoms with Crippen molar-refractivity contribution in [2.45, 2.75) is 20.0 Å². The maximum atomic E-state index is 12.1. The van der Waals surface area contributed by atoms with Crippen LogP contribution in [0.5, 0.6) is 11.5 Å². The lowest BCUT2D eigenvalue weighted by Gasteiger charge is -2.17. The molecule has 1 rings (SSSR count). The van der Waals surface area contributed by atoms with Crippen LogP contribution in [0.15, 0.2) is 24.3 Å². The number of esters is 1. The summed E-state index contributed by atoms with van der Waals surface area (Å²) >= 11 is 0. The van der Waals surface area contributed by atoms with Gasteiger partial charge in [0.25, 0.3) is 0 Å². The van der Waals surface area contributed by atoms with Crippen molar-refractivity contribution in [2.24, 2.45) is 5.92 Å². The number of hydrogen-bond donors (Lipinski definition) is 1. The molecule has 1 N–H and O–H groups in total. The molecule has 2 atom stereocenters. The molecule has 0 saturated heterocycles. The summed E-state index contributed by atoms with van der Waals surface area (Å²) in [6.45, 7) is 2.58. The molecule has 20 heavy (non-hydrogen) atoms. The van der Waals surface area contributed by atoms with Crippen molar-refractivity contribution in [3.05, 3.63) is 24.3 Å². The number of ether oxygens (including phenoxy) is 2. The van der Waals surface area contributed by atoms with Gasteiger partial charge in [0, 0.05) is 0 Å². The van der Waals surface area contributed by atoms with Gasteiger partial charge < -0.3 is 14.6 Å². The molecule has 0 radical (unpaired) electrons. The van der Waals surface area contributed by atoms with Gasteiger partial charge in [-0.05, 0) is 38.1 Å². The summed E-state index contributed by atoms with van der Waals surface area (Å²) in [5.41, 5.74) is 0. The van der Waals surface area contributed by atoms with Gasteiger partial charge >= 0.3 is 5.97 Å². The van der Waals surface area contributed by atoms with E-state index in [1.165, 1.54) is 31.2 Å². The SMILES string of the molecule is COC(=O)C(C(C)=O)C(=O)C(C)Oc1ccc(O)cc1. The lowest BCUT2D eigenvalue weighted by Crippen LogP contribution is -2.39. The van der Waals surface area contributed by atoms with Crippen LogP contribution in [0, 0.1) is 5.92 Å². The fourth-order valence-electron chi connectivity index (χ4n) is 1.62. The van der Waals surface area contributed by atoms with E-state index >= 15 is 0 Å². The van der Waals surface area contributed by atoms with Gasteiger partial charge in [-0.1, -0.05) is 0 Å². The molecule has 0 fully saturated rings. The minimum Gasteiger partial charge on any atom is -0.508 e. The fraction of sp³-hybridized carbons (Fsp3) is 0.357. The first-order chi connectivity index (χ1) is 9.36. The molecule has 0 aliphatic heterocycles. The van der Waals surface area contributed by atoms with Gasteiger partial charge in [-0.25, -0.2) is 0 Å². The van der Waals surface area contributed by atoms with Crippen LogP contribution in [-0.4, -0.2) is 35.9 Å². The number of phenolic OH excluding ortho intramolecular Hbond substituents is 1. The van der Waals surface area contributed by atoms with Gasteiger partial charge in [-0.2, -0.15) is 0 Å². The van der Waals surface area contributed by atoms with Crippen LogP contribution in [0.3, 0.4) is 0 Å². The average molecular weight is 280 g/mol. The zero-order chi connectivity index (χ0) is 15.3. The Kier molecular flexibility index (Phi) is 5.25. The number of rotatable bonds is 6. The summed E-state index contributed by atoms with van der Waals surface area (Å²) in [5, 5.41) is 9.14. The van der Waals surface area contributed by atoms with Crippen LogP contribution in [0.4, 0.5) is 0 Å². The molecule has 2 unspecified atom stereocenters. The molecule has 0 heterocycles. The number of phenols is 1. The average Bonchev–Trinajstić information content (AvgIpc) is 2.40. The third-order valence-corrected chi connectivity index (χ3v) is 2.68.